The van der Waals surface area contributed by atoms with Gasteiger partial charge in [0.05, 0.1) is 0 Å². The topological polar surface area (TPSA) is 101 Å². The third-order valence-corrected chi connectivity index (χ3v) is 3.53. The third kappa shape index (κ3) is 5.46. The van der Waals surface area contributed by atoms with Crippen LogP contribution in [0.5, 0.6) is 0 Å². The Kier molecular flexibility index (Phi) is 6.67. The second-order valence-electron chi connectivity index (χ2n) is 4.90. The molecule has 0 unspecified atom stereocenters. The first kappa shape index (κ1) is 14.9. The van der Waals surface area contributed by atoms with E-state index in [1.54, 1.807) is 0 Å². The first-order valence-corrected chi connectivity index (χ1v) is 6.64. The zero-order chi connectivity index (χ0) is 13.4. The second-order valence-corrected chi connectivity index (χ2v) is 4.90. The highest BCUT2D eigenvalue weighted by Crippen LogP contribution is 2.17. The molecule has 1 aliphatic heterocycles. The van der Waals surface area contributed by atoms with Crippen molar-refractivity contribution >= 4 is 11.8 Å². The van der Waals surface area contributed by atoms with E-state index in [1.807, 2.05) is 0 Å². The van der Waals surface area contributed by atoms with E-state index in [-0.39, 0.29) is 17.7 Å². The predicted octanol–water partition coefficient (Wildman–Crippen LogP) is -0.266. The molecule has 6 nitrogen and oxygen atoms in total. The number of unbranched alkanes of at least 4 members (excludes halogenated alkanes) is 2. The molecular weight excluding hydrogens is 232 g/mol. The van der Waals surface area contributed by atoms with E-state index in [1.165, 1.54) is 0 Å². The summed E-state index contributed by atoms with van der Waals surface area (Å²) < 4.78 is 0. The van der Waals surface area contributed by atoms with Gasteiger partial charge in [-0.05, 0) is 45.3 Å². The predicted molar refractivity (Wildman–Crippen MR) is 69.2 cm³/mol. The van der Waals surface area contributed by atoms with Gasteiger partial charge in [0.15, 0.2) is 0 Å². The number of hydrogen-bond acceptors (Lipinski definition) is 4. The molecule has 104 valence electrons. The molecule has 1 saturated heterocycles. The lowest BCUT2D eigenvalue weighted by Crippen LogP contribution is -2.38. The number of carbonyl (C=O) groups excluding carboxylic acids is 2. The van der Waals surface area contributed by atoms with Gasteiger partial charge in [-0.1, -0.05) is 6.42 Å². The lowest BCUT2D eigenvalue weighted by Gasteiger charge is -2.30. The molecule has 2 amide bonds. The fourth-order valence-corrected chi connectivity index (χ4v) is 2.31. The van der Waals surface area contributed by atoms with Gasteiger partial charge in [0.25, 0.3) is 0 Å². The van der Waals surface area contributed by atoms with Crippen LogP contribution >= 0.6 is 0 Å². The number of piperidine rings is 1. The van der Waals surface area contributed by atoms with Crippen LogP contribution in [0, 0.1) is 5.92 Å². The van der Waals surface area contributed by atoms with Crippen LogP contribution in [0.25, 0.3) is 0 Å². The van der Waals surface area contributed by atoms with Crippen LogP contribution in [0.3, 0.4) is 0 Å². The number of hydrazine groups is 1. The standard InChI is InChI=1S/C12H24N4O2/c13-12(18)10-5-8-16(9-6-10)7-3-1-2-4-11(17)15-14/h10H,1-9,14H2,(H2,13,18)(H,15,17). The maximum atomic E-state index is 11.0. The Balaban J connectivity index is 2.01. The number of nitrogens with zero attached hydrogens (tertiary/aromatic N) is 1. The van der Waals surface area contributed by atoms with E-state index in [4.69, 9.17) is 11.6 Å². The number of nitrogens with one attached hydrogen (secondary N) is 1. The molecular formula is C12H24N4O2. The Labute approximate surface area is 108 Å². The molecule has 6 heteroatoms. The second kappa shape index (κ2) is 8.05. The highest BCUT2D eigenvalue weighted by atomic mass is 16.2. The minimum atomic E-state index is -0.164. The van der Waals surface area contributed by atoms with E-state index in [0.717, 1.165) is 51.7 Å². The summed E-state index contributed by atoms with van der Waals surface area (Å²) in [4.78, 5) is 24.3. The lowest BCUT2D eigenvalue weighted by atomic mass is 9.96. The number of hydrogen-bond donors (Lipinski definition) is 3. The van der Waals surface area contributed by atoms with Crippen molar-refractivity contribution in [1.82, 2.24) is 10.3 Å². The maximum Gasteiger partial charge on any atom is 0.233 e. The molecule has 0 spiro atoms. The van der Waals surface area contributed by atoms with Gasteiger partial charge in [-0.15, -0.1) is 0 Å². The average Bonchev–Trinajstić information content (AvgIpc) is 2.38. The molecule has 0 saturated carbocycles. The van der Waals surface area contributed by atoms with Crippen molar-refractivity contribution in [3.63, 3.8) is 0 Å². The number of nitrogens with two attached hydrogens (primary N) is 2. The van der Waals surface area contributed by atoms with Crippen molar-refractivity contribution in [2.24, 2.45) is 17.5 Å². The van der Waals surface area contributed by atoms with E-state index < -0.39 is 0 Å². The number of amides is 2. The third-order valence-electron chi connectivity index (χ3n) is 3.53. The summed E-state index contributed by atoms with van der Waals surface area (Å²) >= 11 is 0. The van der Waals surface area contributed by atoms with Crippen LogP contribution in [0.1, 0.15) is 38.5 Å². The zero-order valence-electron chi connectivity index (χ0n) is 10.9. The average molecular weight is 256 g/mol. The van der Waals surface area contributed by atoms with Crippen molar-refractivity contribution in [3.8, 4) is 0 Å². The van der Waals surface area contributed by atoms with Crippen LogP contribution in [0.2, 0.25) is 0 Å². The van der Waals surface area contributed by atoms with Crippen molar-refractivity contribution in [3.05, 3.63) is 0 Å². The molecule has 0 aromatic carbocycles. The number of primary amides is 1. The molecule has 0 bridgehead atoms. The van der Waals surface area contributed by atoms with Crippen LogP contribution < -0.4 is 17.0 Å². The SMILES string of the molecule is NNC(=O)CCCCCN1CCC(C(N)=O)CC1. The van der Waals surface area contributed by atoms with Gasteiger partial charge in [-0.3, -0.25) is 15.0 Å². The Hall–Kier alpha value is -1.14. The maximum absolute atomic E-state index is 11.0. The molecule has 0 atom stereocenters. The van der Waals surface area contributed by atoms with E-state index in [0.29, 0.717) is 6.42 Å². The summed E-state index contributed by atoms with van der Waals surface area (Å²) in [5, 5.41) is 0. The fourth-order valence-electron chi connectivity index (χ4n) is 2.31. The minimum absolute atomic E-state index is 0.0644. The van der Waals surface area contributed by atoms with E-state index in [2.05, 4.69) is 10.3 Å². The Bertz CT molecular complexity index is 275. The van der Waals surface area contributed by atoms with Crippen LogP contribution in [0.15, 0.2) is 0 Å². The minimum Gasteiger partial charge on any atom is -0.369 e. The van der Waals surface area contributed by atoms with Crippen molar-refractivity contribution < 1.29 is 9.59 Å². The molecule has 5 N–H and O–H groups in total. The lowest BCUT2D eigenvalue weighted by molar-refractivity contribution is -0.123. The Morgan fingerprint density at radius 2 is 1.83 bits per heavy atom. The largest absolute Gasteiger partial charge is 0.369 e. The Morgan fingerprint density at radius 3 is 2.39 bits per heavy atom. The van der Waals surface area contributed by atoms with Gasteiger partial charge < -0.3 is 10.6 Å². The van der Waals surface area contributed by atoms with E-state index >= 15 is 0 Å². The van der Waals surface area contributed by atoms with Gasteiger partial charge in [0, 0.05) is 12.3 Å². The molecule has 18 heavy (non-hydrogen) atoms. The highest BCUT2D eigenvalue weighted by molar-refractivity contribution is 5.76. The quantitative estimate of drug-likeness (QED) is 0.253. The molecule has 1 rings (SSSR count). The monoisotopic (exact) mass is 256 g/mol. The number of likely N-dealkylation sites (tertiary alicyclic amines) is 1. The van der Waals surface area contributed by atoms with Crippen LogP contribution in [-0.2, 0) is 9.59 Å². The fraction of sp³-hybridized carbons (Fsp3) is 0.833. The van der Waals surface area contributed by atoms with E-state index in [9.17, 15) is 9.59 Å². The van der Waals surface area contributed by atoms with Gasteiger partial charge in [0.1, 0.15) is 0 Å². The molecule has 1 fully saturated rings. The van der Waals surface area contributed by atoms with Crippen LogP contribution in [0.4, 0.5) is 0 Å². The van der Waals surface area contributed by atoms with Crippen molar-refractivity contribution in [2.75, 3.05) is 19.6 Å². The summed E-state index contributed by atoms with van der Waals surface area (Å²) in [5.41, 5.74) is 7.42. The normalized spacial score (nSPS) is 17.6. The molecule has 1 aliphatic rings. The van der Waals surface area contributed by atoms with Crippen molar-refractivity contribution in [2.45, 2.75) is 38.5 Å². The smallest absolute Gasteiger partial charge is 0.233 e. The molecule has 1 heterocycles. The molecule has 0 aromatic rings. The number of carbonyl (C=O) groups is 2. The van der Waals surface area contributed by atoms with Gasteiger partial charge in [-0.25, -0.2) is 5.84 Å². The van der Waals surface area contributed by atoms with Gasteiger partial charge >= 0.3 is 0 Å². The summed E-state index contributed by atoms with van der Waals surface area (Å²) in [7, 11) is 0. The number of rotatable bonds is 7. The summed E-state index contributed by atoms with van der Waals surface area (Å²) in [6.07, 6.45) is 5.25. The molecule has 0 aliphatic carbocycles. The summed E-state index contributed by atoms with van der Waals surface area (Å²) in [6.45, 7) is 2.95. The first-order chi connectivity index (χ1) is 8.63. The summed E-state index contributed by atoms with van der Waals surface area (Å²) in [5.74, 6) is 4.80. The molecule has 0 aromatic heterocycles. The highest BCUT2D eigenvalue weighted by Gasteiger charge is 2.22. The van der Waals surface area contributed by atoms with Crippen LogP contribution in [-0.4, -0.2) is 36.3 Å². The molecule has 0 radical (unpaired) electrons. The Morgan fingerprint density at radius 1 is 1.17 bits per heavy atom. The van der Waals surface area contributed by atoms with Gasteiger partial charge in [0.2, 0.25) is 11.8 Å². The van der Waals surface area contributed by atoms with Gasteiger partial charge in [-0.2, -0.15) is 0 Å². The van der Waals surface area contributed by atoms with Crippen molar-refractivity contribution in [1.29, 1.82) is 0 Å². The first-order valence-electron chi connectivity index (χ1n) is 6.64. The summed E-state index contributed by atoms with van der Waals surface area (Å²) in [6, 6.07) is 0. The zero-order valence-corrected chi connectivity index (χ0v) is 10.9.